The van der Waals surface area contributed by atoms with Gasteiger partial charge in [0.2, 0.25) is 0 Å². The number of carbonyl (C=O) groups excluding carboxylic acids is 2. The van der Waals surface area contributed by atoms with Gasteiger partial charge in [-0.3, -0.25) is 19.6 Å². The van der Waals surface area contributed by atoms with E-state index in [4.69, 9.17) is 4.74 Å². The van der Waals surface area contributed by atoms with Gasteiger partial charge in [-0.2, -0.15) is 0 Å². The number of benzene rings is 1. The van der Waals surface area contributed by atoms with Crippen molar-refractivity contribution in [2.75, 3.05) is 5.32 Å². The molecule has 0 aliphatic carbocycles. The molecule has 0 radical (unpaired) electrons. The molecule has 1 unspecified atom stereocenters. The third-order valence-corrected chi connectivity index (χ3v) is 5.36. The maximum Gasteiger partial charge on any atom is 0.270 e. The molecular weight excluding hydrogens is 404 g/mol. The molecule has 3 aromatic rings. The minimum Gasteiger partial charge on any atom is -0.486 e. The zero-order chi connectivity index (χ0) is 21.9. The molecule has 4 heterocycles. The molecule has 0 saturated carbocycles. The molecule has 0 spiro atoms. The van der Waals surface area contributed by atoms with Crippen LogP contribution in [0.4, 0.5) is 5.69 Å². The summed E-state index contributed by atoms with van der Waals surface area (Å²) in [4.78, 5) is 32.9. The van der Waals surface area contributed by atoms with E-state index in [0.717, 1.165) is 22.4 Å². The van der Waals surface area contributed by atoms with Crippen molar-refractivity contribution < 1.29 is 14.3 Å². The molecule has 7 heteroatoms. The Morgan fingerprint density at radius 3 is 2.81 bits per heavy atom. The van der Waals surface area contributed by atoms with Gasteiger partial charge in [-0.05, 0) is 48.0 Å². The lowest BCUT2D eigenvalue weighted by atomic mass is 10.0. The summed E-state index contributed by atoms with van der Waals surface area (Å²) >= 11 is 0. The fourth-order valence-corrected chi connectivity index (χ4v) is 3.71. The molecule has 1 aromatic carbocycles. The second kappa shape index (κ2) is 8.47. The Bertz CT molecular complexity index is 1230. The predicted molar refractivity (Wildman–Crippen MR) is 120 cm³/mol. The normalized spacial score (nSPS) is 18.0. The number of hydrogen-bond donors (Lipinski definition) is 2. The maximum absolute atomic E-state index is 12.3. The molecule has 0 fully saturated rings. The van der Waals surface area contributed by atoms with E-state index in [0.29, 0.717) is 30.0 Å². The van der Waals surface area contributed by atoms with Gasteiger partial charge >= 0.3 is 0 Å². The average molecular weight is 424 g/mol. The molecule has 0 saturated heterocycles. The number of para-hydroxylation sites is 1. The number of hydrogen-bond acceptors (Lipinski definition) is 5. The van der Waals surface area contributed by atoms with Crippen molar-refractivity contribution in [3.8, 4) is 0 Å². The molecule has 2 amide bonds. The number of amides is 2. The van der Waals surface area contributed by atoms with Gasteiger partial charge in [-0.25, -0.2) is 0 Å². The summed E-state index contributed by atoms with van der Waals surface area (Å²) in [5.74, 6) is 0.324. The van der Waals surface area contributed by atoms with E-state index in [1.54, 1.807) is 24.7 Å². The van der Waals surface area contributed by atoms with Gasteiger partial charge in [0.05, 0.1) is 0 Å². The summed E-state index contributed by atoms with van der Waals surface area (Å²) < 4.78 is 6.04. The van der Waals surface area contributed by atoms with Gasteiger partial charge in [0, 0.05) is 53.9 Å². The second-order valence-electron chi connectivity index (χ2n) is 7.51. The highest BCUT2D eigenvalue weighted by Crippen LogP contribution is 2.34. The lowest BCUT2D eigenvalue weighted by Crippen LogP contribution is -2.23. The number of pyridine rings is 2. The van der Waals surface area contributed by atoms with Crippen molar-refractivity contribution in [1.29, 1.82) is 0 Å². The van der Waals surface area contributed by atoms with Crippen LogP contribution in [0.25, 0.3) is 11.3 Å². The zero-order valence-electron chi connectivity index (χ0n) is 17.1. The van der Waals surface area contributed by atoms with Gasteiger partial charge in [0.15, 0.2) is 0 Å². The summed E-state index contributed by atoms with van der Waals surface area (Å²) in [5, 5.41) is 5.71. The number of ether oxygens (including phenoxy) is 1. The third-order valence-electron chi connectivity index (χ3n) is 5.36. The lowest BCUT2D eigenvalue weighted by molar-refractivity contribution is -0.110. The lowest BCUT2D eigenvalue weighted by Gasteiger charge is -2.11. The number of anilines is 1. The van der Waals surface area contributed by atoms with E-state index < -0.39 is 0 Å². The monoisotopic (exact) mass is 424 g/mol. The number of fused-ring (bicyclic) bond motifs is 1. The van der Waals surface area contributed by atoms with Crippen molar-refractivity contribution >= 4 is 28.8 Å². The van der Waals surface area contributed by atoms with Gasteiger partial charge in [-0.1, -0.05) is 18.2 Å². The molecule has 1 atom stereocenters. The van der Waals surface area contributed by atoms with Crippen molar-refractivity contribution in [3.63, 3.8) is 0 Å². The van der Waals surface area contributed by atoms with E-state index in [9.17, 15) is 9.59 Å². The topological polar surface area (TPSA) is 93.2 Å². The Morgan fingerprint density at radius 1 is 1.16 bits per heavy atom. The van der Waals surface area contributed by atoms with E-state index in [2.05, 4.69) is 20.6 Å². The third kappa shape index (κ3) is 4.00. The van der Waals surface area contributed by atoms with Crippen molar-refractivity contribution in [2.24, 2.45) is 0 Å². The Morgan fingerprint density at radius 2 is 2.00 bits per heavy atom. The van der Waals surface area contributed by atoms with Crippen LogP contribution in [0.3, 0.4) is 0 Å². The standard InChI is InChI=1S/C25H20N4O3/c30-24-20(19-3-1-2-4-21(19)29-24)13-18-6-8-23(32-18)17-5-7-22(27-15-17)25(31)28-14-16-9-11-26-12-10-16/h1-5,7-13,15,18H,6,14H2,(H,28,31)(H,29,30)/b20-13+. The van der Waals surface area contributed by atoms with Crippen molar-refractivity contribution in [1.82, 2.24) is 15.3 Å². The first-order valence-corrected chi connectivity index (χ1v) is 10.3. The van der Waals surface area contributed by atoms with Crippen LogP contribution in [-0.2, 0) is 16.1 Å². The highest BCUT2D eigenvalue weighted by molar-refractivity contribution is 6.31. The van der Waals surface area contributed by atoms with Crippen LogP contribution >= 0.6 is 0 Å². The van der Waals surface area contributed by atoms with Crippen LogP contribution in [0.5, 0.6) is 0 Å². The summed E-state index contributed by atoms with van der Waals surface area (Å²) in [5.41, 5.74) is 4.41. The Labute approximate surface area is 184 Å². The highest BCUT2D eigenvalue weighted by atomic mass is 16.5. The van der Waals surface area contributed by atoms with Crippen molar-refractivity contribution in [3.05, 3.63) is 102 Å². The molecule has 2 aromatic heterocycles. The summed E-state index contributed by atoms with van der Waals surface area (Å²) in [6.07, 6.45) is 9.25. The van der Waals surface area contributed by atoms with Crippen molar-refractivity contribution in [2.45, 2.75) is 19.1 Å². The minimum absolute atomic E-state index is 0.118. The van der Waals surface area contributed by atoms with Crippen LogP contribution in [-0.4, -0.2) is 27.9 Å². The molecule has 2 aliphatic heterocycles. The molecule has 158 valence electrons. The largest absolute Gasteiger partial charge is 0.486 e. The summed E-state index contributed by atoms with van der Waals surface area (Å²) in [6, 6.07) is 14.8. The first-order chi connectivity index (χ1) is 15.7. The van der Waals surface area contributed by atoms with E-state index in [1.807, 2.05) is 54.6 Å². The van der Waals surface area contributed by atoms with Gasteiger partial charge in [0.1, 0.15) is 17.6 Å². The van der Waals surface area contributed by atoms with Crippen LogP contribution in [0.1, 0.15) is 33.6 Å². The molecule has 2 N–H and O–H groups in total. The molecule has 32 heavy (non-hydrogen) atoms. The number of nitrogens with zero attached hydrogens (tertiary/aromatic N) is 2. The second-order valence-corrected chi connectivity index (χ2v) is 7.51. The van der Waals surface area contributed by atoms with Crippen LogP contribution in [0.15, 0.2) is 79.3 Å². The van der Waals surface area contributed by atoms with Gasteiger partial charge in [-0.15, -0.1) is 0 Å². The molecule has 7 nitrogen and oxygen atoms in total. The first-order valence-electron chi connectivity index (χ1n) is 10.3. The fraction of sp³-hybridized carbons (Fsp3) is 0.120. The Kier molecular flexibility index (Phi) is 5.21. The summed E-state index contributed by atoms with van der Waals surface area (Å²) in [6.45, 7) is 0.409. The molecule has 0 bridgehead atoms. The predicted octanol–water partition coefficient (Wildman–Crippen LogP) is 3.57. The van der Waals surface area contributed by atoms with Gasteiger partial charge < -0.3 is 15.4 Å². The maximum atomic E-state index is 12.3. The molecular formula is C25H20N4O3. The van der Waals surface area contributed by atoms with Crippen LogP contribution in [0, 0.1) is 0 Å². The van der Waals surface area contributed by atoms with Crippen LogP contribution in [0.2, 0.25) is 0 Å². The number of carbonyl (C=O) groups is 2. The summed E-state index contributed by atoms with van der Waals surface area (Å²) in [7, 11) is 0. The fourth-order valence-electron chi connectivity index (χ4n) is 3.71. The minimum atomic E-state index is -0.247. The first kappa shape index (κ1) is 19.7. The quantitative estimate of drug-likeness (QED) is 0.611. The number of aromatic nitrogens is 2. The molecule has 5 rings (SSSR count). The van der Waals surface area contributed by atoms with E-state index in [1.165, 1.54) is 0 Å². The zero-order valence-corrected chi connectivity index (χ0v) is 17.1. The van der Waals surface area contributed by atoms with Gasteiger partial charge in [0.25, 0.3) is 11.8 Å². The number of rotatable bonds is 5. The van der Waals surface area contributed by atoms with E-state index in [-0.39, 0.29) is 17.9 Å². The Hall–Kier alpha value is -4.26. The Balaban J connectivity index is 1.22. The molecule has 2 aliphatic rings. The SMILES string of the molecule is O=C1Nc2ccccc2/C1=C\C1CC=C(c2ccc(C(=O)NCc3ccncc3)nc2)O1. The average Bonchev–Trinajstić information content (AvgIpc) is 3.43. The number of nitrogens with one attached hydrogen (secondary N) is 2. The smallest absolute Gasteiger partial charge is 0.270 e. The van der Waals surface area contributed by atoms with Crippen LogP contribution < -0.4 is 10.6 Å². The van der Waals surface area contributed by atoms with E-state index >= 15 is 0 Å². The highest BCUT2D eigenvalue weighted by Gasteiger charge is 2.26.